The van der Waals surface area contributed by atoms with Crippen molar-refractivity contribution in [3.8, 4) is 0 Å². The van der Waals surface area contributed by atoms with Crippen LogP contribution in [0, 0.1) is 17.3 Å². The van der Waals surface area contributed by atoms with Crippen LogP contribution in [0.4, 0.5) is 0 Å². The van der Waals surface area contributed by atoms with E-state index in [1.165, 1.54) is 25.8 Å². The first-order valence-electron chi connectivity index (χ1n) is 9.31. The molecule has 1 saturated heterocycles. The Balaban J connectivity index is 1.78. The van der Waals surface area contributed by atoms with Crippen LogP contribution in [0.25, 0.3) is 0 Å². The average Bonchev–Trinajstić information content (AvgIpc) is 2.46. The number of likely N-dealkylation sites (tertiary alicyclic amines) is 1. The Morgan fingerprint density at radius 3 is 2.27 bits per heavy atom. The molecule has 0 aromatic carbocycles. The van der Waals surface area contributed by atoms with E-state index in [9.17, 15) is 4.79 Å². The summed E-state index contributed by atoms with van der Waals surface area (Å²) in [7, 11) is 0. The van der Waals surface area contributed by atoms with Crippen LogP contribution in [-0.4, -0.2) is 36.0 Å². The summed E-state index contributed by atoms with van der Waals surface area (Å²) in [6.07, 6.45) is 6.93. The van der Waals surface area contributed by atoms with Crippen LogP contribution in [-0.2, 0) is 4.79 Å². The largest absolute Gasteiger partial charge is 0.352 e. The standard InChI is InChI=1S/C19H36N2O/c1-14(2)21-12-6-7-17(13-21)20-18(22)15-8-10-16(11-9-15)19(3,4)5/h14-17H,6-13H2,1-5H3,(H,20,22)/t15?,16?,17-/m1/s1. The molecule has 2 aliphatic rings. The number of carbonyl (C=O) groups excluding carboxylic acids is 1. The molecule has 22 heavy (non-hydrogen) atoms. The molecule has 1 heterocycles. The van der Waals surface area contributed by atoms with E-state index in [0.29, 0.717) is 23.4 Å². The molecule has 0 spiro atoms. The summed E-state index contributed by atoms with van der Waals surface area (Å²) in [5, 5.41) is 3.35. The Labute approximate surface area is 137 Å². The highest BCUT2D eigenvalue weighted by Crippen LogP contribution is 2.39. The molecule has 1 amide bonds. The smallest absolute Gasteiger partial charge is 0.223 e. The van der Waals surface area contributed by atoms with Crippen LogP contribution in [0.2, 0.25) is 0 Å². The molecule has 1 saturated carbocycles. The van der Waals surface area contributed by atoms with E-state index in [1.54, 1.807) is 0 Å². The minimum Gasteiger partial charge on any atom is -0.352 e. The fourth-order valence-electron chi connectivity index (χ4n) is 4.13. The molecular formula is C19H36N2O. The van der Waals surface area contributed by atoms with Gasteiger partial charge in [-0.1, -0.05) is 20.8 Å². The van der Waals surface area contributed by atoms with Gasteiger partial charge in [-0.2, -0.15) is 0 Å². The predicted molar refractivity (Wildman–Crippen MR) is 92.8 cm³/mol. The predicted octanol–water partition coefficient (Wildman–Crippen LogP) is 3.83. The van der Waals surface area contributed by atoms with E-state index in [-0.39, 0.29) is 5.92 Å². The van der Waals surface area contributed by atoms with Crippen LogP contribution in [0.15, 0.2) is 0 Å². The van der Waals surface area contributed by atoms with Crippen molar-refractivity contribution >= 4 is 5.91 Å². The van der Waals surface area contributed by atoms with Crippen LogP contribution >= 0.6 is 0 Å². The van der Waals surface area contributed by atoms with Crippen molar-refractivity contribution in [3.63, 3.8) is 0 Å². The van der Waals surface area contributed by atoms with Crippen LogP contribution in [0.5, 0.6) is 0 Å². The molecule has 1 aliphatic carbocycles. The molecular weight excluding hydrogens is 272 g/mol. The zero-order valence-electron chi connectivity index (χ0n) is 15.3. The summed E-state index contributed by atoms with van der Waals surface area (Å²) in [5.74, 6) is 1.36. The van der Waals surface area contributed by atoms with Crippen molar-refractivity contribution in [1.82, 2.24) is 10.2 Å². The van der Waals surface area contributed by atoms with Crippen LogP contribution < -0.4 is 5.32 Å². The van der Waals surface area contributed by atoms with Crippen molar-refractivity contribution < 1.29 is 4.79 Å². The van der Waals surface area contributed by atoms with Crippen LogP contribution in [0.1, 0.15) is 73.1 Å². The summed E-state index contributed by atoms with van der Waals surface area (Å²) in [6.45, 7) is 13.7. The molecule has 2 fully saturated rings. The molecule has 2 rings (SSSR count). The van der Waals surface area contributed by atoms with Gasteiger partial charge >= 0.3 is 0 Å². The van der Waals surface area contributed by atoms with Gasteiger partial charge in [-0.05, 0) is 70.3 Å². The van der Waals surface area contributed by atoms with Gasteiger partial charge in [-0.15, -0.1) is 0 Å². The Hall–Kier alpha value is -0.570. The van der Waals surface area contributed by atoms with Gasteiger partial charge in [0.15, 0.2) is 0 Å². The van der Waals surface area contributed by atoms with E-state index in [0.717, 1.165) is 31.7 Å². The Morgan fingerprint density at radius 1 is 1.09 bits per heavy atom. The van der Waals surface area contributed by atoms with E-state index in [2.05, 4.69) is 44.8 Å². The lowest BCUT2D eigenvalue weighted by Crippen LogP contribution is -2.51. The molecule has 1 N–H and O–H groups in total. The molecule has 1 aliphatic heterocycles. The number of rotatable bonds is 3. The Morgan fingerprint density at radius 2 is 1.73 bits per heavy atom. The quantitative estimate of drug-likeness (QED) is 0.859. The summed E-state index contributed by atoms with van der Waals surface area (Å²) >= 11 is 0. The van der Waals surface area contributed by atoms with E-state index in [1.807, 2.05) is 0 Å². The van der Waals surface area contributed by atoms with Crippen molar-refractivity contribution in [3.05, 3.63) is 0 Å². The van der Waals surface area contributed by atoms with Gasteiger partial charge in [-0.3, -0.25) is 9.69 Å². The van der Waals surface area contributed by atoms with Crippen molar-refractivity contribution in [1.29, 1.82) is 0 Å². The Kier molecular flexibility index (Phi) is 5.93. The minimum absolute atomic E-state index is 0.257. The van der Waals surface area contributed by atoms with Crippen molar-refractivity contribution in [2.45, 2.75) is 85.2 Å². The third-order valence-corrected chi connectivity index (χ3v) is 5.85. The third kappa shape index (κ3) is 4.71. The monoisotopic (exact) mass is 308 g/mol. The number of nitrogens with zero attached hydrogens (tertiary/aromatic N) is 1. The van der Waals surface area contributed by atoms with Gasteiger partial charge in [0, 0.05) is 24.5 Å². The molecule has 0 aromatic heterocycles. The molecule has 1 atom stereocenters. The fraction of sp³-hybridized carbons (Fsp3) is 0.947. The van der Waals surface area contributed by atoms with E-state index >= 15 is 0 Å². The van der Waals surface area contributed by atoms with E-state index in [4.69, 9.17) is 0 Å². The van der Waals surface area contributed by atoms with Crippen molar-refractivity contribution in [2.24, 2.45) is 17.3 Å². The fourth-order valence-corrected chi connectivity index (χ4v) is 4.13. The zero-order valence-corrected chi connectivity index (χ0v) is 15.3. The molecule has 3 nitrogen and oxygen atoms in total. The number of amides is 1. The number of carbonyl (C=O) groups is 1. The lowest BCUT2D eigenvalue weighted by atomic mass is 9.69. The first-order valence-corrected chi connectivity index (χ1v) is 9.31. The summed E-state index contributed by atoms with van der Waals surface area (Å²) in [5.41, 5.74) is 0.391. The second-order valence-electron chi connectivity index (χ2n) is 8.85. The summed E-state index contributed by atoms with van der Waals surface area (Å²) < 4.78 is 0. The van der Waals surface area contributed by atoms with Gasteiger partial charge in [0.2, 0.25) is 5.91 Å². The molecule has 128 valence electrons. The van der Waals surface area contributed by atoms with Gasteiger partial charge in [-0.25, -0.2) is 0 Å². The third-order valence-electron chi connectivity index (χ3n) is 5.85. The SMILES string of the molecule is CC(C)N1CCC[C@@H](NC(=O)C2CCC(C(C)(C)C)CC2)C1. The molecule has 0 radical (unpaired) electrons. The first-order chi connectivity index (χ1) is 10.3. The lowest BCUT2D eigenvalue weighted by molar-refractivity contribution is -0.127. The Bertz CT molecular complexity index is 364. The van der Waals surface area contributed by atoms with Crippen LogP contribution in [0.3, 0.4) is 0 Å². The van der Waals surface area contributed by atoms with E-state index < -0.39 is 0 Å². The lowest BCUT2D eigenvalue weighted by Gasteiger charge is -2.38. The average molecular weight is 309 g/mol. The van der Waals surface area contributed by atoms with Gasteiger partial charge in [0.1, 0.15) is 0 Å². The maximum absolute atomic E-state index is 12.6. The first kappa shape index (κ1) is 17.8. The zero-order chi connectivity index (χ0) is 16.3. The molecule has 0 bridgehead atoms. The topological polar surface area (TPSA) is 32.3 Å². The molecule has 3 heteroatoms. The second kappa shape index (κ2) is 7.33. The maximum Gasteiger partial charge on any atom is 0.223 e. The summed E-state index contributed by atoms with van der Waals surface area (Å²) in [4.78, 5) is 15.1. The molecule has 0 aromatic rings. The number of hydrogen-bond acceptors (Lipinski definition) is 2. The number of hydrogen-bond donors (Lipinski definition) is 1. The maximum atomic E-state index is 12.6. The second-order valence-corrected chi connectivity index (χ2v) is 8.85. The van der Waals surface area contributed by atoms with Crippen molar-refractivity contribution in [2.75, 3.05) is 13.1 Å². The highest BCUT2D eigenvalue weighted by molar-refractivity contribution is 5.79. The normalized spacial score (nSPS) is 31.3. The molecule has 0 unspecified atom stereocenters. The van der Waals surface area contributed by atoms with Gasteiger partial charge in [0.05, 0.1) is 0 Å². The number of piperidine rings is 1. The highest BCUT2D eigenvalue weighted by Gasteiger charge is 2.33. The number of nitrogens with one attached hydrogen (secondary N) is 1. The minimum atomic E-state index is 0.257. The highest BCUT2D eigenvalue weighted by atomic mass is 16.1. The summed E-state index contributed by atoms with van der Waals surface area (Å²) in [6, 6.07) is 0.950. The van der Waals surface area contributed by atoms with Gasteiger partial charge in [0.25, 0.3) is 0 Å². The van der Waals surface area contributed by atoms with Gasteiger partial charge < -0.3 is 5.32 Å².